The van der Waals surface area contributed by atoms with Crippen molar-refractivity contribution < 1.29 is 9.18 Å². The molecule has 0 saturated heterocycles. The van der Waals surface area contributed by atoms with Crippen LogP contribution in [0.3, 0.4) is 0 Å². The number of anilines is 2. The zero-order chi connectivity index (χ0) is 21.1. The summed E-state index contributed by atoms with van der Waals surface area (Å²) in [6.07, 6.45) is 1.58. The van der Waals surface area contributed by atoms with Crippen LogP contribution in [0.25, 0.3) is 11.0 Å². The van der Waals surface area contributed by atoms with Crippen LogP contribution in [0.15, 0.2) is 66.7 Å². The molecule has 7 heteroatoms. The number of carbonyl (C=O) groups is 1. The maximum atomic E-state index is 13.2. The molecule has 2 N–H and O–H groups in total. The van der Waals surface area contributed by atoms with Crippen molar-refractivity contribution in [2.24, 2.45) is 7.05 Å². The average Bonchev–Trinajstić information content (AvgIpc) is 3.05. The van der Waals surface area contributed by atoms with E-state index in [-0.39, 0.29) is 5.02 Å². The van der Waals surface area contributed by atoms with Crippen molar-refractivity contribution in [1.82, 2.24) is 9.55 Å². The minimum absolute atomic E-state index is 0.0447. The lowest BCUT2D eigenvalue weighted by molar-refractivity contribution is 0.262. The van der Waals surface area contributed by atoms with Crippen LogP contribution in [-0.4, -0.2) is 15.6 Å². The highest BCUT2D eigenvalue weighted by molar-refractivity contribution is 6.31. The number of amides is 2. The highest BCUT2D eigenvalue weighted by Crippen LogP contribution is 2.20. The Hall–Kier alpha value is -3.38. The predicted molar refractivity (Wildman–Crippen MR) is 119 cm³/mol. The first-order valence-electron chi connectivity index (χ1n) is 9.52. The first kappa shape index (κ1) is 19.9. The number of fused-ring (bicyclic) bond motifs is 1. The van der Waals surface area contributed by atoms with Crippen LogP contribution in [0.1, 0.15) is 11.4 Å². The molecule has 0 aliphatic rings. The van der Waals surface area contributed by atoms with E-state index in [9.17, 15) is 9.18 Å². The number of aromatic nitrogens is 2. The predicted octanol–water partition coefficient (Wildman–Crippen LogP) is 5.80. The van der Waals surface area contributed by atoms with Gasteiger partial charge in [0.05, 0.1) is 16.1 Å². The second-order valence-corrected chi connectivity index (χ2v) is 7.39. The molecule has 0 saturated carbocycles. The SMILES string of the molecule is Cn1c(CCc2cccc(NC(=O)Nc3ccc(F)c(Cl)c3)c2)nc2ccccc21. The number of halogens is 2. The summed E-state index contributed by atoms with van der Waals surface area (Å²) in [7, 11) is 2.02. The standard InChI is InChI=1S/C23H20ClFN4O/c1-29-21-8-3-2-7-20(21)28-22(29)12-9-15-5-4-6-16(13-15)26-23(30)27-17-10-11-19(25)18(24)14-17/h2-8,10-11,13-14H,9,12H2,1H3,(H2,26,27,30). The number of urea groups is 1. The minimum atomic E-state index is -0.532. The lowest BCUT2D eigenvalue weighted by atomic mass is 10.1. The maximum Gasteiger partial charge on any atom is 0.323 e. The Balaban J connectivity index is 1.40. The molecule has 4 aromatic rings. The van der Waals surface area contributed by atoms with Gasteiger partial charge in [0, 0.05) is 24.8 Å². The topological polar surface area (TPSA) is 59.0 Å². The Kier molecular flexibility index (Phi) is 5.68. The van der Waals surface area contributed by atoms with Gasteiger partial charge in [-0.2, -0.15) is 0 Å². The lowest BCUT2D eigenvalue weighted by Gasteiger charge is -2.10. The molecular formula is C23H20ClFN4O. The number of aryl methyl sites for hydroxylation is 3. The molecule has 2 amide bonds. The van der Waals surface area contributed by atoms with Crippen LogP contribution in [0.2, 0.25) is 5.02 Å². The van der Waals surface area contributed by atoms with E-state index < -0.39 is 11.8 Å². The van der Waals surface area contributed by atoms with Crippen LogP contribution in [-0.2, 0) is 19.9 Å². The Morgan fingerprint density at radius 3 is 2.53 bits per heavy atom. The maximum absolute atomic E-state index is 13.2. The van der Waals surface area contributed by atoms with Gasteiger partial charge in [0.25, 0.3) is 0 Å². The van der Waals surface area contributed by atoms with Gasteiger partial charge in [-0.15, -0.1) is 0 Å². The largest absolute Gasteiger partial charge is 0.331 e. The molecule has 0 aliphatic heterocycles. The highest BCUT2D eigenvalue weighted by Gasteiger charge is 2.09. The normalized spacial score (nSPS) is 10.9. The molecule has 30 heavy (non-hydrogen) atoms. The molecule has 1 heterocycles. The smallest absolute Gasteiger partial charge is 0.323 e. The van der Waals surface area contributed by atoms with E-state index in [1.54, 1.807) is 0 Å². The summed E-state index contributed by atoms with van der Waals surface area (Å²) in [4.78, 5) is 16.9. The van der Waals surface area contributed by atoms with Crippen molar-refractivity contribution in [3.05, 3.63) is 89.0 Å². The Morgan fingerprint density at radius 1 is 1.00 bits per heavy atom. The number of imidazole rings is 1. The molecule has 0 bridgehead atoms. The van der Waals surface area contributed by atoms with Crippen molar-refractivity contribution in [3.63, 3.8) is 0 Å². The average molecular weight is 423 g/mol. The van der Waals surface area contributed by atoms with Gasteiger partial charge in [0.2, 0.25) is 0 Å². The molecule has 3 aromatic carbocycles. The Labute approximate surface area is 178 Å². The fourth-order valence-corrected chi connectivity index (χ4v) is 3.53. The number of hydrogen-bond acceptors (Lipinski definition) is 2. The molecule has 5 nitrogen and oxygen atoms in total. The van der Waals surface area contributed by atoms with Crippen molar-refractivity contribution in [2.45, 2.75) is 12.8 Å². The van der Waals surface area contributed by atoms with E-state index in [0.717, 1.165) is 35.3 Å². The number of nitrogens with one attached hydrogen (secondary N) is 2. The number of para-hydroxylation sites is 2. The number of benzene rings is 3. The van der Waals surface area contributed by atoms with Crippen LogP contribution in [0.5, 0.6) is 0 Å². The number of carbonyl (C=O) groups excluding carboxylic acids is 1. The monoisotopic (exact) mass is 422 g/mol. The van der Waals surface area contributed by atoms with Gasteiger partial charge in [-0.1, -0.05) is 35.9 Å². The Bertz CT molecular complexity index is 1220. The zero-order valence-electron chi connectivity index (χ0n) is 16.3. The van der Waals surface area contributed by atoms with Crippen molar-refractivity contribution in [2.75, 3.05) is 10.6 Å². The third kappa shape index (κ3) is 4.44. The summed E-state index contributed by atoms with van der Waals surface area (Å²) in [5.41, 5.74) is 4.27. The molecule has 0 radical (unpaired) electrons. The van der Waals surface area contributed by atoms with E-state index in [0.29, 0.717) is 11.4 Å². The third-order valence-corrected chi connectivity index (χ3v) is 5.17. The van der Waals surface area contributed by atoms with Crippen LogP contribution < -0.4 is 10.6 Å². The Morgan fingerprint density at radius 2 is 1.77 bits per heavy atom. The fraction of sp³-hybridized carbons (Fsp3) is 0.130. The van der Waals surface area contributed by atoms with Crippen LogP contribution in [0, 0.1) is 5.82 Å². The molecule has 0 aliphatic carbocycles. The number of rotatable bonds is 5. The first-order valence-corrected chi connectivity index (χ1v) is 9.90. The summed E-state index contributed by atoms with van der Waals surface area (Å²) >= 11 is 5.75. The fourth-order valence-electron chi connectivity index (χ4n) is 3.35. The van der Waals surface area contributed by atoms with E-state index in [2.05, 4.69) is 21.3 Å². The molecule has 0 atom stereocenters. The third-order valence-electron chi connectivity index (χ3n) is 4.88. The molecule has 0 spiro atoms. The van der Waals surface area contributed by atoms with Crippen LogP contribution >= 0.6 is 11.6 Å². The molecule has 152 valence electrons. The van der Waals surface area contributed by atoms with Gasteiger partial charge in [-0.25, -0.2) is 14.2 Å². The highest BCUT2D eigenvalue weighted by atomic mass is 35.5. The summed E-state index contributed by atoms with van der Waals surface area (Å²) in [5, 5.41) is 5.39. The van der Waals surface area contributed by atoms with Crippen molar-refractivity contribution in [3.8, 4) is 0 Å². The van der Waals surface area contributed by atoms with Crippen molar-refractivity contribution >= 4 is 40.0 Å². The molecule has 0 unspecified atom stereocenters. The second-order valence-electron chi connectivity index (χ2n) is 6.98. The second kappa shape index (κ2) is 8.55. The van der Waals surface area contributed by atoms with Gasteiger partial charge in [-0.3, -0.25) is 0 Å². The van der Waals surface area contributed by atoms with E-state index in [1.807, 2.05) is 49.5 Å². The number of hydrogen-bond donors (Lipinski definition) is 2. The van der Waals surface area contributed by atoms with Gasteiger partial charge >= 0.3 is 6.03 Å². The van der Waals surface area contributed by atoms with Gasteiger partial charge in [0.1, 0.15) is 11.6 Å². The quantitative estimate of drug-likeness (QED) is 0.427. The zero-order valence-corrected chi connectivity index (χ0v) is 17.1. The van der Waals surface area contributed by atoms with E-state index in [4.69, 9.17) is 16.6 Å². The molecule has 1 aromatic heterocycles. The minimum Gasteiger partial charge on any atom is -0.331 e. The summed E-state index contributed by atoms with van der Waals surface area (Å²) in [5.74, 6) is 0.483. The van der Waals surface area contributed by atoms with Gasteiger partial charge in [0.15, 0.2) is 0 Å². The van der Waals surface area contributed by atoms with Gasteiger partial charge in [-0.05, 0) is 54.4 Å². The van der Waals surface area contributed by atoms with Crippen molar-refractivity contribution in [1.29, 1.82) is 0 Å². The van der Waals surface area contributed by atoms with Crippen LogP contribution in [0.4, 0.5) is 20.6 Å². The van der Waals surface area contributed by atoms with E-state index >= 15 is 0 Å². The lowest BCUT2D eigenvalue weighted by Crippen LogP contribution is -2.19. The van der Waals surface area contributed by atoms with Gasteiger partial charge < -0.3 is 15.2 Å². The molecule has 4 rings (SSSR count). The first-order chi connectivity index (χ1) is 14.5. The molecule has 0 fully saturated rings. The van der Waals surface area contributed by atoms with E-state index in [1.165, 1.54) is 18.2 Å². The summed E-state index contributed by atoms with van der Waals surface area (Å²) in [6, 6.07) is 19.3. The molecular weight excluding hydrogens is 403 g/mol. The number of nitrogens with zero attached hydrogens (tertiary/aromatic N) is 2. The summed E-state index contributed by atoms with van der Waals surface area (Å²) in [6.45, 7) is 0. The summed E-state index contributed by atoms with van der Waals surface area (Å²) < 4.78 is 15.4.